The fraction of sp³-hybridized carbons (Fsp3) is 0.357. The molecule has 0 N–H and O–H groups in total. The van der Waals surface area contributed by atoms with Crippen molar-refractivity contribution in [2.24, 2.45) is 0 Å². The molecule has 2 heterocycles. The Hall–Kier alpha value is -1.54. The maximum Gasteiger partial charge on any atom is 0.271 e. The molecule has 1 aliphatic rings. The summed E-state index contributed by atoms with van der Waals surface area (Å²) >= 11 is 9.32. The van der Waals surface area contributed by atoms with Crippen LogP contribution in [-0.2, 0) is 19.0 Å². The first-order valence-electron chi connectivity index (χ1n) is 6.82. The van der Waals surface area contributed by atoms with Gasteiger partial charge in [-0.05, 0) is 22.0 Å². The van der Waals surface area contributed by atoms with E-state index >= 15 is 0 Å². The lowest BCUT2D eigenvalue weighted by Crippen LogP contribution is -2.38. The van der Waals surface area contributed by atoms with Gasteiger partial charge < -0.3 is 9.47 Å². The minimum Gasteiger partial charge on any atom is -0.329 e. The molecule has 0 saturated carbocycles. The standard InChI is InChI=1S/C14H12BrClF2N4O/c1-14(17,18)9-4-2-3-8(11(9)16)12(23)21-5-6-22-10(7-21)19-20-13(22)15/h2-4H,5-7H2,1H3. The number of hydrogen-bond acceptors (Lipinski definition) is 3. The van der Waals surface area contributed by atoms with E-state index in [1.165, 1.54) is 23.1 Å². The van der Waals surface area contributed by atoms with Crippen molar-refractivity contribution in [2.75, 3.05) is 6.54 Å². The highest BCUT2D eigenvalue weighted by Crippen LogP contribution is 2.35. The topological polar surface area (TPSA) is 51.0 Å². The van der Waals surface area contributed by atoms with Gasteiger partial charge in [-0.2, -0.15) is 0 Å². The minimum atomic E-state index is -3.11. The molecule has 0 aliphatic carbocycles. The number of aromatic nitrogens is 3. The van der Waals surface area contributed by atoms with Gasteiger partial charge in [0.1, 0.15) is 0 Å². The number of halogens is 4. The summed E-state index contributed by atoms with van der Waals surface area (Å²) in [5.41, 5.74) is -0.286. The Morgan fingerprint density at radius 1 is 1.35 bits per heavy atom. The van der Waals surface area contributed by atoms with Crippen LogP contribution < -0.4 is 0 Å². The normalized spacial score (nSPS) is 14.7. The molecule has 2 aromatic rings. The molecule has 1 aromatic heterocycles. The third-order valence-corrected chi connectivity index (χ3v) is 4.69. The summed E-state index contributed by atoms with van der Waals surface area (Å²) in [5, 5.41) is 7.67. The van der Waals surface area contributed by atoms with E-state index in [2.05, 4.69) is 26.1 Å². The van der Waals surface area contributed by atoms with E-state index in [0.29, 0.717) is 23.6 Å². The summed E-state index contributed by atoms with van der Waals surface area (Å²) in [6.45, 7) is 1.95. The zero-order chi connectivity index (χ0) is 16.8. The third-order valence-electron chi connectivity index (χ3n) is 3.70. The van der Waals surface area contributed by atoms with E-state index in [0.717, 1.165) is 6.92 Å². The summed E-state index contributed by atoms with van der Waals surface area (Å²) in [6, 6.07) is 4.09. The van der Waals surface area contributed by atoms with Crippen molar-refractivity contribution in [2.45, 2.75) is 25.9 Å². The Bertz CT molecular complexity index is 775. The molecule has 0 unspecified atom stereocenters. The van der Waals surface area contributed by atoms with E-state index in [-0.39, 0.29) is 22.7 Å². The van der Waals surface area contributed by atoms with Crippen LogP contribution in [-0.4, -0.2) is 32.1 Å². The number of rotatable bonds is 2. The second kappa shape index (κ2) is 5.83. The van der Waals surface area contributed by atoms with Gasteiger partial charge in [-0.1, -0.05) is 23.7 Å². The smallest absolute Gasteiger partial charge is 0.271 e. The van der Waals surface area contributed by atoms with Gasteiger partial charge in [-0.15, -0.1) is 10.2 Å². The number of alkyl halides is 2. The van der Waals surface area contributed by atoms with Crippen LogP contribution in [0.3, 0.4) is 0 Å². The predicted molar refractivity (Wildman–Crippen MR) is 83.5 cm³/mol. The summed E-state index contributed by atoms with van der Waals surface area (Å²) in [6.07, 6.45) is 0. The molecule has 0 fully saturated rings. The zero-order valence-corrected chi connectivity index (χ0v) is 14.4. The van der Waals surface area contributed by atoms with E-state index in [4.69, 9.17) is 11.6 Å². The van der Waals surface area contributed by atoms with Crippen LogP contribution in [0.1, 0.15) is 28.7 Å². The molecule has 1 aliphatic heterocycles. The second-order valence-corrected chi connectivity index (χ2v) is 6.41. The highest BCUT2D eigenvalue weighted by atomic mass is 79.9. The highest BCUT2D eigenvalue weighted by molar-refractivity contribution is 9.10. The summed E-state index contributed by atoms with van der Waals surface area (Å²) in [7, 11) is 0. The zero-order valence-electron chi connectivity index (χ0n) is 12.1. The van der Waals surface area contributed by atoms with Crippen LogP contribution >= 0.6 is 27.5 Å². The van der Waals surface area contributed by atoms with Crippen LogP contribution in [0.5, 0.6) is 0 Å². The van der Waals surface area contributed by atoms with Crippen molar-refractivity contribution < 1.29 is 13.6 Å². The minimum absolute atomic E-state index is 0.0673. The monoisotopic (exact) mass is 404 g/mol. The van der Waals surface area contributed by atoms with Gasteiger partial charge in [0.05, 0.1) is 17.1 Å². The van der Waals surface area contributed by atoms with E-state index in [1.807, 2.05) is 4.57 Å². The summed E-state index contributed by atoms with van der Waals surface area (Å²) in [4.78, 5) is 14.2. The van der Waals surface area contributed by atoms with Gasteiger partial charge in [0.2, 0.25) is 0 Å². The lowest BCUT2D eigenvalue weighted by Gasteiger charge is -2.28. The molecule has 1 aromatic carbocycles. The molecule has 0 spiro atoms. The Labute approximate surface area is 144 Å². The summed E-state index contributed by atoms with van der Waals surface area (Å²) in [5.74, 6) is -2.88. The number of nitrogens with zero attached hydrogens (tertiary/aromatic N) is 4. The van der Waals surface area contributed by atoms with Crippen LogP contribution in [0.4, 0.5) is 8.78 Å². The average Bonchev–Trinajstić information content (AvgIpc) is 2.86. The molecule has 0 radical (unpaired) electrons. The maximum absolute atomic E-state index is 13.6. The predicted octanol–water partition coefficient (Wildman–Crippen LogP) is 3.46. The molecule has 0 saturated heterocycles. The van der Waals surface area contributed by atoms with Crippen LogP contribution in [0.25, 0.3) is 0 Å². The van der Waals surface area contributed by atoms with E-state index in [1.54, 1.807) is 0 Å². The van der Waals surface area contributed by atoms with Crippen molar-refractivity contribution in [3.63, 3.8) is 0 Å². The number of fused-ring (bicyclic) bond motifs is 1. The maximum atomic E-state index is 13.6. The number of carbonyl (C=O) groups is 1. The lowest BCUT2D eigenvalue weighted by atomic mass is 10.0. The quantitative estimate of drug-likeness (QED) is 0.769. The van der Waals surface area contributed by atoms with Crippen molar-refractivity contribution in [1.29, 1.82) is 0 Å². The Morgan fingerprint density at radius 3 is 2.78 bits per heavy atom. The SMILES string of the molecule is CC(F)(F)c1cccc(C(=O)N2CCn3c(Br)nnc3C2)c1Cl. The van der Waals surface area contributed by atoms with Gasteiger partial charge in [0.15, 0.2) is 10.6 Å². The molecule has 9 heteroatoms. The summed E-state index contributed by atoms with van der Waals surface area (Å²) < 4.78 is 29.6. The largest absolute Gasteiger partial charge is 0.329 e. The fourth-order valence-corrected chi connectivity index (χ4v) is 3.34. The van der Waals surface area contributed by atoms with Crippen molar-refractivity contribution in [3.05, 3.63) is 44.9 Å². The number of hydrogen-bond donors (Lipinski definition) is 0. The Balaban J connectivity index is 1.90. The first kappa shape index (κ1) is 16.3. The Morgan fingerprint density at radius 2 is 2.09 bits per heavy atom. The average molecular weight is 406 g/mol. The fourth-order valence-electron chi connectivity index (χ4n) is 2.50. The number of amides is 1. The van der Waals surface area contributed by atoms with E-state index in [9.17, 15) is 13.6 Å². The molecule has 23 heavy (non-hydrogen) atoms. The number of carbonyl (C=O) groups excluding carboxylic acids is 1. The van der Waals surface area contributed by atoms with Crippen molar-refractivity contribution in [1.82, 2.24) is 19.7 Å². The number of benzene rings is 1. The second-order valence-electron chi connectivity index (χ2n) is 5.32. The van der Waals surface area contributed by atoms with Crippen LogP contribution in [0.15, 0.2) is 22.9 Å². The third kappa shape index (κ3) is 2.97. The van der Waals surface area contributed by atoms with Gasteiger partial charge in [0, 0.05) is 25.6 Å². The molecule has 3 rings (SSSR count). The first-order valence-corrected chi connectivity index (χ1v) is 8.00. The molecule has 1 amide bonds. The lowest BCUT2D eigenvalue weighted by molar-refractivity contribution is 0.0175. The van der Waals surface area contributed by atoms with Crippen molar-refractivity contribution in [3.8, 4) is 0 Å². The highest BCUT2D eigenvalue weighted by Gasteiger charge is 2.31. The van der Waals surface area contributed by atoms with Gasteiger partial charge in [-0.25, -0.2) is 8.78 Å². The van der Waals surface area contributed by atoms with Gasteiger partial charge in [0.25, 0.3) is 11.8 Å². The molecule has 122 valence electrons. The molecular formula is C14H12BrClF2N4O. The van der Waals surface area contributed by atoms with Crippen LogP contribution in [0.2, 0.25) is 5.02 Å². The Kier molecular flexibility index (Phi) is 4.14. The van der Waals surface area contributed by atoms with Crippen molar-refractivity contribution >= 4 is 33.4 Å². The molecule has 0 atom stereocenters. The van der Waals surface area contributed by atoms with Crippen LogP contribution in [0, 0.1) is 0 Å². The van der Waals surface area contributed by atoms with E-state index < -0.39 is 11.8 Å². The van der Waals surface area contributed by atoms with Gasteiger partial charge >= 0.3 is 0 Å². The molecule has 0 bridgehead atoms. The first-order chi connectivity index (χ1) is 10.8. The molecular weight excluding hydrogens is 394 g/mol. The molecule has 5 nitrogen and oxygen atoms in total. The van der Waals surface area contributed by atoms with Gasteiger partial charge in [-0.3, -0.25) is 4.79 Å².